The van der Waals surface area contributed by atoms with Crippen LogP contribution in [-0.2, 0) is 9.53 Å². The molecule has 1 saturated heterocycles. The second-order valence-corrected chi connectivity index (χ2v) is 4.32. The second kappa shape index (κ2) is 7.24. The predicted octanol–water partition coefficient (Wildman–Crippen LogP) is 1.57. The largest absolute Gasteiger partial charge is 0.381 e. The fraction of sp³-hybridized carbons (Fsp3) is 0.833. The summed E-state index contributed by atoms with van der Waals surface area (Å²) in [6, 6.07) is 1.99. The zero-order valence-corrected chi connectivity index (χ0v) is 9.95. The number of nitriles is 1. The fourth-order valence-corrected chi connectivity index (χ4v) is 1.89. The van der Waals surface area contributed by atoms with Crippen molar-refractivity contribution in [1.29, 1.82) is 5.26 Å². The molecule has 0 unspecified atom stereocenters. The first-order valence-electron chi connectivity index (χ1n) is 5.92. The Bertz CT molecular complexity index is 254. The van der Waals surface area contributed by atoms with Crippen molar-refractivity contribution in [2.45, 2.75) is 32.1 Å². The molecule has 0 bridgehead atoms. The second-order valence-electron chi connectivity index (χ2n) is 4.32. The van der Waals surface area contributed by atoms with Crippen LogP contribution in [0.4, 0.5) is 0 Å². The molecule has 0 aromatic rings. The zero-order chi connectivity index (χ0) is 11.8. The molecule has 0 N–H and O–H groups in total. The molecular formula is C12H20N2O2. The lowest BCUT2D eigenvalue weighted by atomic mass is 9.96. The smallest absolute Gasteiger partial charge is 0.223 e. The Morgan fingerprint density at radius 2 is 2.19 bits per heavy atom. The molecule has 0 radical (unpaired) electrons. The Morgan fingerprint density at radius 3 is 2.81 bits per heavy atom. The van der Waals surface area contributed by atoms with Crippen molar-refractivity contribution < 1.29 is 9.53 Å². The number of nitrogens with zero attached hydrogens (tertiary/aromatic N) is 2. The average Bonchev–Trinajstić information content (AvgIpc) is 2.34. The predicted molar refractivity (Wildman–Crippen MR) is 60.6 cm³/mol. The minimum absolute atomic E-state index is 0.0774. The van der Waals surface area contributed by atoms with Gasteiger partial charge in [0.05, 0.1) is 6.07 Å². The highest BCUT2D eigenvalue weighted by molar-refractivity contribution is 5.76. The summed E-state index contributed by atoms with van der Waals surface area (Å²) < 4.78 is 5.29. The van der Waals surface area contributed by atoms with E-state index >= 15 is 0 Å². The van der Waals surface area contributed by atoms with Gasteiger partial charge >= 0.3 is 0 Å². The Balaban J connectivity index is 2.15. The van der Waals surface area contributed by atoms with Crippen molar-refractivity contribution >= 4 is 5.91 Å². The Kier molecular flexibility index (Phi) is 5.87. The molecule has 0 aromatic carbocycles. The van der Waals surface area contributed by atoms with Gasteiger partial charge in [-0.15, -0.1) is 0 Å². The lowest BCUT2D eigenvalue weighted by Crippen LogP contribution is -2.29. The van der Waals surface area contributed by atoms with Gasteiger partial charge in [0.15, 0.2) is 0 Å². The van der Waals surface area contributed by atoms with E-state index in [1.54, 1.807) is 4.90 Å². The molecule has 0 spiro atoms. The van der Waals surface area contributed by atoms with Crippen molar-refractivity contribution in [3.63, 3.8) is 0 Å². The standard InChI is InChI=1S/C12H20N2O2/c1-14(12(15)3-2-7-13)8-4-11-5-9-16-10-6-11/h11H,2-6,8-10H2,1H3. The molecule has 1 aliphatic heterocycles. The molecule has 1 amide bonds. The van der Waals surface area contributed by atoms with Gasteiger partial charge in [-0.3, -0.25) is 4.79 Å². The lowest BCUT2D eigenvalue weighted by Gasteiger charge is -2.24. The molecule has 0 aliphatic carbocycles. The summed E-state index contributed by atoms with van der Waals surface area (Å²) in [7, 11) is 1.82. The molecule has 4 heteroatoms. The molecule has 1 aliphatic rings. The summed E-state index contributed by atoms with van der Waals surface area (Å²) in [5, 5.41) is 8.40. The van der Waals surface area contributed by atoms with E-state index in [1.807, 2.05) is 13.1 Å². The van der Waals surface area contributed by atoms with E-state index in [0.717, 1.165) is 39.0 Å². The van der Waals surface area contributed by atoms with Crippen LogP contribution in [-0.4, -0.2) is 37.6 Å². The van der Waals surface area contributed by atoms with Crippen LogP contribution in [0.2, 0.25) is 0 Å². The van der Waals surface area contributed by atoms with Gasteiger partial charge in [-0.1, -0.05) is 0 Å². The van der Waals surface area contributed by atoms with Crippen molar-refractivity contribution in [2.24, 2.45) is 5.92 Å². The number of ether oxygens (including phenoxy) is 1. The fourth-order valence-electron chi connectivity index (χ4n) is 1.89. The number of carbonyl (C=O) groups is 1. The average molecular weight is 224 g/mol. The summed E-state index contributed by atoms with van der Waals surface area (Å²) in [6.07, 6.45) is 3.94. The van der Waals surface area contributed by atoms with Gasteiger partial charge in [-0.05, 0) is 25.2 Å². The summed E-state index contributed by atoms with van der Waals surface area (Å²) in [4.78, 5) is 13.3. The van der Waals surface area contributed by atoms with Crippen molar-refractivity contribution in [3.8, 4) is 6.07 Å². The molecule has 1 heterocycles. The minimum Gasteiger partial charge on any atom is -0.381 e. The van der Waals surface area contributed by atoms with Gasteiger partial charge in [0, 0.05) is 39.6 Å². The highest BCUT2D eigenvalue weighted by Gasteiger charge is 2.15. The number of rotatable bonds is 5. The maximum absolute atomic E-state index is 11.5. The summed E-state index contributed by atoms with van der Waals surface area (Å²) in [5.41, 5.74) is 0. The monoisotopic (exact) mass is 224 g/mol. The van der Waals surface area contributed by atoms with Gasteiger partial charge < -0.3 is 9.64 Å². The summed E-state index contributed by atoms with van der Waals surface area (Å²) >= 11 is 0. The Labute approximate surface area is 97.2 Å². The van der Waals surface area contributed by atoms with Gasteiger partial charge in [-0.2, -0.15) is 5.26 Å². The summed E-state index contributed by atoms with van der Waals surface area (Å²) in [6.45, 7) is 2.52. The van der Waals surface area contributed by atoms with Crippen LogP contribution in [0, 0.1) is 17.2 Å². The molecule has 1 fully saturated rings. The quantitative estimate of drug-likeness (QED) is 0.712. The van der Waals surface area contributed by atoms with E-state index in [1.165, 1.54) is 0 Å². The molecule has 0 saturated carbocycles. The SMILES string of the molecule is CN(CCC1CCOCC1)C(=O)CCC#N. The number of hydrogen-bond acceptors (Lipinski definition) is 3. The Hall–Kier alpha value is -1.08. The first-order chi connectivity index (χ1) is 7.74. The number of hydrogen-bond donors (Lipinski definition) is 0. The highest BCUT2D eigenvalue weighted by atomic mass is 16.5. The van der Waals surface area contributed by atoms with Gasteiger partial charge in [0.25, 0.3) is 0 Å². The van der Waals surface area contributed by atoms with Crippen LogP contribution in [0.3, 0.4) is 0 Å². The topological polar surface area (TPSA) is 53.3 Å². The van der Waals surface area contributed by atoms with Crippen molar-refractivity contribution in [1.82, 2.24) is 4.90 Å². The molecule has 0 atom stereocenters. The third-order valence-corrected chi connectivity index (χ3v) is 3.09. The maximum atomic E-state index is 11.5. The first kappa shape index (κ1) is 13.0. The Morgan fingerprint density at radius 1 is 1.50 bits per heavy atom. The van der Waals surface area contributed by atoms with Gasteiger partial charge in [-0.25, -0.2) is 0 Å². The molecule has 1 rings (SSSR count). The normalized spacial score (nSPS) is 16.8. The van der Waals surface area contributed by atoms with Gasteiger partial charge in [0.2, 0.25) is 5.91 Å². The van der Waals surface area contributed by atoms with E-state index in [9.17, 15) is 4.79 Å². The van der Waals surface area contributed by atoms with E-state index < -0.39 is 0 Å². The van der Waals surface area contributed by atoms with Crippen LogP contribution < -0.4 is 0 Å². The highest BCUT2D eigenvalue weighted by Crippen LogP contribution is 2.18. The van der Waals surface area contributed by atoms with Crippen LogP contribution in [0.25, 0.3) is 0 Å². The number of carbonyl (C=O) groups excluding carboxylic acids is 1. The van der Waals surface area contributed by atoms with E-state index in [0.29, 0.717) is 18.8 Å². The van der Waals surface area contributed by atoms with Crippen LogP contribution in [0.15, 0.2) is 0 Å². The van der Waals surface area contributed by atoms with E-state index in [4.69, 9.17) is 10.00 Å². The third kappa shape index (κ3) is 4.63. The minimum atomic E-state index is 0.0774. The lowest BCUT2D eigenvalue weighted by molar-refractivity contribution is -0.130. The van der Waals surface area contributed by atoms with Crippen molar-refractivity contribution in [3.05, 3.63) is 0 Å². The van der Waals surface area contributed by atoms with Crippen LogP contribution in [0.5, 0.6) is 0 Å². The van der Waals surface area contributed by atoms with Crippen molar-refractivity contribution in [2.75, 3.05) is 26.8 Å². The van der Waals surface area contributed by atoms with E-state index in [2.05, 4.69) is 0 Å². The van der Waals surface area contributed by atoms with Crippen LogP contribution in [0.1, 0.15) is 32.1 Å². The third-order valence-electron chi connectivity index (χ3n) is 3.09. The molecule has 4 nitrogen and oxygen atoms in total. The first-order valence-corrected chi connectivity index (χ1v) is 5.92. The van der Waals surface area contributed by atoms with Crippen LogP contribution >= 0.6 is 0 Å². The molecule has 0 aromatic heterocycles. The molecular weight excluding hydrogens is 204 g/mol. The van der Waals surface area contributed by atoms with Gasteiger partial charge in [0.1, 0.15) is 0 Å². The maximum Gasteiger partial charge on any atom is 0.223 e. The molecule has 16 heavy (non-hydrogen) atoms. The summed E-state index contributed by atoms with van der Waals surface area (Å²) in [5.74, 6) is 0.772. The number of amides is 1. The van der Waals surface area contributed by atoms with E-state index in [-0.39, 0.29) is 5.91 Å². The zero-order valence-electron chi connectivity index (χ0n) is 9.95. The molecule has 90 valence electrons.